The summed E-state index contributed by atoms with van der Waals surface area (Å²) in [5, 5.41) is 9.02. The number of rotatable bonds is 8. The van der Waals surface area contributed by atoms with Crippen molar-refractivity contribution >= 4 is 12.2 Å². The van der Waals surface area contributed by atoms with Crippen molar-refractivity contribution in [2.75, 3.05) is 13.7 Å². The van der Waals surface area contributed by atoms with Crippen LogP contribution in [-0.4, -0.2) is 18.8 Å². The maximum atomic E-state index is 12.0. The number of aryl methyl sites for hydroxylation is 1. The first-order chi connectivity index (χ1) is 14.4. The summed E-state index contributed by atoms with van der Waals surface area (Å²) in [6, 6.07) is 6.22. The molecule has 0 fully saturated rings. The van der Waals surface area contributed by atoms with Crippen LogP contribution < -0.4 is 10.4 Å². The van der Waals surface area contributed by atoms with Crippen molar-refractivity contribution in [3.8, 4) is 5.75 Å². The van der Waals surface area contributed by atoms with E-state index in [-0.39, 0.29) is 12.2 Å². The van der Waals surface area contributed by atoms with Crippen molar-refractivity contribution in [3.05, 3.63) is 98.1 Å². The summed E-state index contributed by atoms with van der Waals surface area (Å²) >= 11 is 0. The van der Waals surface area contributed by atoms with E-state index in [1.165, 1.54) is 5.56 Å². The first-order valence-electron chi connectivity index (χ1n) is 9.94. The summed E-state index contributed by atoms with van der Waals surface area (Å²) < 4.78 is 10.8. The van der Waals surface area contributed by atoms with E-state index in [1.54, 1.807) is 20.1 Å². The molecule has 0 atom stereocenters. The molecule has 2 aromatic rings. The van der Waals surface area contributed by atoms with E-state index in [2.05, 4.69) is 18.2 Å². The average Bonchev–Trinajstić information content (AvgIpc) is 2.72. The van der Waals surface area contributed by atoms with Crippen molar-refractivity contribution in [1.29, 1.82) is 0 Å². The molecule has 1 heterocycles. The normalized spacial score (nSPS) is 12.5. The third-order valence-electron chi connectivity index (χ3n) is 4.83. The fourth-order valence-electron chi connectivity index (χ4n) is 3.12. The van der Waals surface area contributed by atoms with Crippen molar-refractivity contribution in [3.63, 3.8) is 0 Å². The number of allylic oxidation sites excluding steroid dienone is 5. The van der Waals surface area contributed by atoms with Gasteiger partial charge in [0, 0.05) is 12.0 Å². The zero-order valence-corrected chi connectivity index (χ0v) is 18.4. The molecule has 0 spiro atoms. The quantitative estimate of drug-likeness (QED) is 0.601. The lowest BCUT2D eigenvalue weighted by Crippen LogP contribution is -2.10. The summed E-state index contributed by atoms with van der Waals surface area (Å²) in [4.78, 5) is 12.0. The minimum absolute atomic E-state index is 0.0213. The summed E-state index contributed by atoms with van der Waals surface area (Å²) in [5.74, 6) is 1.21. The molecule has 0 amide bonds. The number of ether oxygens (including phenoxy) is 1. The summed E-state index contributed by atoms with van der Waals surface area (Å²) in [5.41, 5.74) is 5.38. The SMILES string of the molecule is COc1c(C)c(C/C=C(C)/C=C/C=C\c2ccc(C)cc2/C=C/CO)oc(=O)c1C. The Morgan fingerprint density at radius 1 is 1.10 bits per heavy atom. The largest absolute Gasteiger partial charge is 0.496 e. The van der Waals surface area contributed by atoms with E-state index in [0.717, 1.165) is 22.3 Å². The van der Waals surface area contributed by atoms with Gasteiger partial charge in [-0.15, -0.1) is 0 Å². The maximum Gasteiger partial charge on any atom is 0.342 e. The highest BCUT2D eigenvalue weighted by Crippen LogP contribution is 2.23. The van der Waals surface area contributed by atoms with Gasteiger partial charge in [-0.05, 0) is 38.8 Å². The van der Waals surface area contributed by atoms with Crippen LogP contribution in [0.1, 0.15) is 40.5 Å². The molecular formula is C26H30O4. The van der Waals surface area contributed by atoms with Gasteiger partial charge in [0.1, 0.15) is 11.5 Å². The van der Waals surface area contributed by atoms with E-state index in [4.69, 9.17) is 14.3 Å². The van der Waals surface area contributed by atoms with Gasteiger partial charge in [0.2, 0.25) is 0 Å². The third-order valence-corrected chi connectivity index (χ3v) is 4.83. The number of hydrogen-bond donors (Lipinski definition) is 1. The highest BCUT2D eigenvalue weighted by atomic mass is 16.5. The summed E-state index contributed by atoms with van der Waals surface area (Å²) in [6.07, 6.45) is 14.2. The molecule has 0 aliphatic rings. The van der Waals surface area contributed by atoms with Gasteiger partial charge in [0.05, 0.1) is 19.3 Å². The molecule has 1 N–H and O–H groups in total. The van der Waals surface area contributed by atoms with Crippen LogP contribution in [0.15, 0.2) is 63.4 Å². The monoisotopic (exact) mass is 406 g/mol. The molecule has 0 aliphatic heterocycles. The van der Waals surface area contributed by atoms with Crippen molar-refractivity contribution in [2.45, 2.75) is 34.1 Å². The molecule has 0 unspecified atom stereocenters. The zero-order valence-electron chi connectivity index (χ0n) is 18.4. The van der Waals surface area contributed by atoms with Crippen molar-refractivity contribution < 1.29 is 14.3 Å². The Morgan fingerprint density at radius 3 is 2.57 bits per heavy atom. The first-order valence-corrected chi connectivity index (χ1v) is 9.94. The number of benzene rings is 1. The van der Waals surface area contributed by atoms with E-state index < -0.39 is 0 Å². The number of hydrogen-bond acceptors (Lipinski definition) is 4. The van der Waals surface area contributed by atoms with Crippen LogP contribution in [0.5, 0.6) is 5.75 Å². The number of aliphatic hydroxyl groups is 1. The molecular weight excluding hydrogens is 376 g/mol. The van der Waals surface area contributed by atoms with E-state index >= 15 is 0 Å². The third kappa shape index (κ3) is 6.19. The molecule has 30 heavy (non-hydrogen) atoms. The minimum atomic E-state index is -0.360. The van der Waals surface area contributed by atoms with E-state index in [1.807, 2.05) is 57.2 Å². The second-order valence-electron chi connectivity index (χ2n) is 7.18. The Morgan fingerprint density at radius 2 is 1.87 bits per heavy atom. The van der Waals surface area contributed by atoms with Gasteiger partial charge < -0.3 is 14.3 Å². The average molecular weight is 407 g/mol. The molecule has 2 rings (SSSR count). The predicted octanol–water partition coefficient (Wildman–Crippen LogP) is 5.34. The number of aliphatic hydroxyl groups excluding tert-OH is 1. The first kappa shape index (κ1) is 23.2. The molecule has 0 bridgehead atoms. The van der Waals surface area contributed by atoms with Gasteiger partial charge in [-0.3, -0.25) is 0 Å². The standard InChI is InChI=1S/C26H30O4/c1-18(13-15-24-20(3)25(29-5)21(4)26(28)30-24)9-6-7-10-22-14-12-19(2)17-23(22)11-8-16-27/h6-14,17,27H,15-16H2,1-5H3/b9-6+,10-7-,11-8+,18-13+. The Hall–Kier alpha value is -3.11. The molecule has 4 nitrogen and oxygen atoms in total. The van der Waals surface area contributed by atoms with Crippen LogP contribution >= 0.6 is 0 Å². The summed E-state index contributed by atoms with van der Waals surface area (Å²) in [6.45, 7) is 7.68. The van der Waals surface area contributed by atoms with Gasteiger partial charge in [-0.2, -0.15) is 0 Å². The molecule has 1 aromatic carbocycles. The molecule has 0 radical (unpaired) electrons. The maximum absolute atomic E-state index is 12.0. The highest BCUT2D eigenvalue weighted by molar-refractivity contribution is 5.66. The van der Waals surface area contributed by atoms with Gasteiger partial charge in [0.25, 0.3) is 0 Å². The Kier molecular flexibility index (Phi) is 8.63. The lowest BCUT2D eigenvalue weighted by atomic mass is 10.0. The molecule has 1 aromatic heterocycles. The molecule has 0 aliphatic carbocycles. The van der Waals surface area contributed by atoms with Crippen LogP contribution in [0.3, 0.4) is 0 Å². The molecule has 0 saturated heterocycles. The lowest BCUT2D eigenvalue weighted by molar-refractivity contribution is 0.343. The Balaban J connectivity index is 2.11. The Bertz CT molecular complexity index is 1050. The van der Waals surface area contributed by atoms with Crippen LogP contribution in [-0.2, 0) is 6.42 Å². The van der Waals surface area contributed by atoms with E-state index in [0.29, 0.717) is 23.5 Å². The lowest BCUT2D eigenvalue weighted by Gasteiger charge is -2.10. The van der Waals surface area contributed by atoms with Gasteiger partial charge in [-0.25, -0.2) is 4.79 Å². The molecule has 0 saturated carbocycles. The van der Waals surface area contributed by atoms with Gasteiger partial charge in [-0.1, -0.05) is 71.9 Å². The minimum Gasteiger partial charge on any atom is -0.496 e. The summed E-state index contributed by atoms with van der Waals surface area (Å²) in [7, 11) is 1.56. The number of methoxy groups -OCH3 is 1. The molecule has 158 valence electrons. The topological polar surface area (TPSA) is 59.7 Å². The van der Waals surface area contributed by atoms with Crippen LogP contribution in [0.2, 0.25) is 0 Å². The van der Waals surface area contributed by atoms with Crippen molar-refractivity contribution in [2.24, 2.45) is 0 Å². The van der Waals surface area contributed by atoms with E-state index in [9.17, 15) is 4.79 Å². The van der Waals surface area contributed by atoms with Crippen LogP contribution in [0.25, 0.3) is 12.2 Å². The predicted molar refractivity (Wildman–Crippen MR) is 124 cm³/mol. The Labute approximate surface area is 178 Å². The fourth-order valence-corrected chi connectivity index (χ4v) is 3.12. The van der Waals surface area contributed by atoms with Crippen LogP contribution in [0.4, 0.5) is 0 Å². The second kappa shape index (κ2) is 11.2. The van der Waals surface area contributed by atoms with Crippen molar-refractivity contribution in [1.82, 2.24) is 0 Å². The van der Waals surface area contributed by atoms with Crippen LogP contribution in [0, 0.1) is 20.8 Å². The van der Waals surface area contributed by atoms with Gasteiger partial charge in [0.15, 0.2) is 0 Å². The molecule has 4 heteroatoms. The second-order valence-corrected chi connectivity index (χ2v) is 7.18. The fraction of sp³-hybridized carbons (Fsp3) is 0.269. The smallest absolute Gasteiger partial charge is 0.342 e. The highest BCUT2D eigenvalue weighted by Gasteiger charge is 2.13. The zero-order chi connectivity index (χ0) is 22.1. The van der Waals surface area contributed by atoms with Gasteiger partial charge >= 0.3 is 5.63 Å².